The molecule has 1 atom stereocenters. The Balaban J connectivity index is 1.64. The molecule has 0 saturated carbocycles. The first kappa shape index (κ1) is 18.7. The van der Waals surface area contributed by atoms with Crippen molar-refractivity contribution < 1.29 is 14.7 Å². The highest BCUT2D eigenvalue weighted by Gasteiger charge is 2.19. The molecule has 27 heavy (non-hydrogen) atoms. The van der Waals surface area contributed by atoms with Crippen LogP contribution >= 0.6 is 0 Å². The number of aliphatic hydroxyl groups excluding tert-OH is 1. The van der Waals surface area contributed by atoms with Crippen LogP contribution < -0.4 is 10.6 Å². The van der Waals surface area contributed by atoms with E-state index in [4.69, 9.17) is 0 Å². The monoisotopic (exact) mass is 365 g/mol. The van der Waals surface area contributed by atoms with Gasteiger partial charge in [0.25, 0.3) is 0 Å². The molecule has 3 N–H and O–H groups in total. The third kappa shape index (κ3) is 3.85. The van der Waals surface area contributed by atoms with Crippen molar-refractivity contribution in [2.24, 2.45) is 7.05 Å². The van der Waals surface area contributed by atoms with Gasteiger partial charge in [0.15, 0.2) is 0 Å². The molecule has 0 spiro atoms. The van der Waals surface area contributed by atoms with Crippen LogP contribution in [0.15, 0.2) is 48.7 Å². The number of para-hydroxylation sites is 1. The molecule has 0 aliphatic carbocycles. The number of amides is 2. The molecular weight excluding hydrogens is 342 g/mol. The van der Waals surface area contributed by atoms with E-state index in [1.165, 1.54) is 0 Å². The van der Waals surface area contributed by atoms with E-state index in [0.717, 1.165) is 22.0 Å². The lowest BCUT2D eigenvalue weighted by Gasteiger charge is -2.13. The molecule has 0 saturated heterocycles. The van der Waals surface area contributed by atoms with Crippen LogP contribution in [0.3, 0.4) is 0 Å². The lowest BCUT2D eigenvalue weighted by Crippen LogP contribution is -2.37. The zero-order valence-electron chi connectivity index (χ0n) is 15.6. The van der Waals surface area contributed by atoms with Gasteiger partial charge in [-0.25, -0.2) is 0 Å². The van der Waals surface area contributed by atoms with Crippen molar-refractivity contribution in [3.05, 3.63) is 65.4 Å². The van der Waals surface area contributed by atoms with E-state index in [9.17, 15) is 14.7 Å². The predicted molar refractivity (Wildman–Crippen MR) is 105 cm³/mol. The minimum absolute atomic E-state index is 0.0486. The summed E-state index contributed by atoms with van der Waals surface area (Å²) in [5.41, 5.74) is 4.24. The highest BCUT2D eigenvalue weighted by Crippen LogP contribution is 2.25. The summed E-state index contributed by atoms with van der Waals surface area (Å²) >= 11 is 0. The van der Waals surface area contributed by atoms with Crippen molar-refractivity contribution in [1.29, 1.82) is 0 Å². The number of nitrogens with zero attached hydrogens (tertiary/aromatic N) is 1. The van der Waals surface area contributed by atoms with Gasteiger partial charge in [-0.3, -0.25) is 9.59 Å². The third-order valence-corrected chi connectivity index (χ3v) is 4.80. The van der Waals surface area contributed by atoms with Gasteiger partial charge in [0.05, 0.1) is 6.10 Å². The fourth-order valence-electron chi connectivity index (χ4n) is 3.08. The molecule has 2 aromatic carbocycles. The maximum absolute atomic E-state index is 12.1. The van der Waals surface area contributed by atoms with E-state index in [1.807, 2.05) is 68.1 Å². The van der Waals surface area contributed by atoms with Crippen LogP contribution in [0.4, 0.5) is 5.69 Å². The number of carbonyl (C=O) groups excluding carboxylic acids is 2. The number of rotatable bonds is 4. The number of carbonyl (C=O) groups is 2. The second-order valence-electron chi connectivity index (χ2n) is 6.64. The first-order chi connectivity index (χ1) is 12.9. The number of hydrogen-bond donors (Lipinski definition) is 3. The van der Waals surface area contributed by atoms with Gasteiger partial charge in [-0.1, -0.05) is 30.3 Å². The van der Waals surface area contributed by atoms with E-state index in [1.54, 1.807) is 6.07 Å². The van der Waals surface area contributed by atoms with Gasteiger partial charge in [-0.15, -0.1) is 0 Å². The molecule has 3 aromatic rings. The highest BCUT2D eigenvalue weighted by molar-refractivity contribution is 6.39. The van der Waals surface area contributed by atoms with Crippen LogP contribution in [0.2, 0.25) is 0 Å². The Hall–Kier alpha value is -3.12. The number of aromatic nitrogens is 1. The van der Waals surface area contributed by atoms with Gasteiger partial charge < -0.3 is 20.3 Å². The lowest BCUT2D eigenvalue weighted by molar-refractivity contribution is -0.136. The normalized spacial score (nSPS) is 12.0. The maximum Gasteiger partial charge on any atom is 0.313 e. The smallest absolute Gasteiger partial charge is 0.313 e. The van der Waals surface area contributed by atoms with Gasteiger partial charge in [-0.2, -0.15) is 0 Å². The molecule has 140 valence electrons. The van der Waals surface area contributed by atoms with Crippen LogP contribution in [0.5, 0.6) is 0 Å². The van der Waals surface area contributed by atoms with Crippen LogP contribution in [-0.4, -0.2) is 28.0 Å². The number of nitrogens with one attached hydrogen (secondary N) is 2. The molecule has 0 aliphatic rings. The molecule has 6 heteroatoms. The molecule has 2 amide bonds. The Morgan fingerprint density at radius 1 is 1.07 bits per heavy atom. The standard InChI is InChI=1S/C21H23N3O3/c1-13-7-6-9-17(14(13)2)23-21(27)20(26)22-11-19(25)16-12-24(3)18-10-5-4-8-15(16)18/h4-10,12,19,25H,11H2,1-3H3,(H,22,26)(H,23,27). The Kier molecular flexibility index (Phi) is 5.28. The van der Waals surface area contributed by atoms with Crippen molar-refractivity contribution in [3.8, 4) is 0 Å². The van der Waals surface area contributed by atoms with Crippen LogP contribution in [0, 0.1) is 13.8 Å². The summed E-state index contributed by atoms with van der Waals surface area (Å²) < 4.78 is 1.92. The molecule has 1 aromatic heterocycles. The SMILES string of the molecule is Cc1cccc(NC(=O)C(=O)NCC(O)c2cn(C)c3ccccc23)c1C. The quantitative estimate of drug-likeness (QED) is 0.622. The second-order valence-corrected chi connectivity index (χ2v) is 6.64. The molecule has 0 radical (unpaired) electrons. The Morgan fingerprint density at radius 2 is 1.81 bits per heavy atom. The maximum atomic E-state index is 12.1. The van der Waals surface area contributed by atoms with Gasteiger partial charge in [-0.05, 0) is 37.1 Å². The molecule has 0 bridgehead atoms. The number of benzene rings is 2. The zero-order chi connectivity index (χ0) is 19.6. The molecule has 6 nitrogen and oxygen atoms in total. The topological polar surface area (TPSA) is 83.4 Å². The summed E-state index contributed by atoms with van der Waals surface area (Å²) in [5.74, 6) is -1.54. The summed E-state index contributed by atoms with van der Waals surface area (Å²) in [4.78, 5) is 24.2. The summed E-state index contributed by atoms with van der Waals surface area (Å²) in [5, 5.41) is 16.5. The summed E-state index contributed by atoms with van der Waals surface area (Å²) in [6, 6.07) is 13.2. The van der Waals surface area contributed by atoms with E-state index in [2.05, 4.69) is 10.6 Å². The van der Waals surface area contributed by atoms with E-state index < -0.39 is 17.9 Å². The summed E-state index contributed by atoms with van der Waals surface area (Å²) in [7, 11) is 1.90. The lowest BCUT2D eigenvalue weighted by atomic mass is 10.1. The first-order valence-corrected chi connectivity index (χ1v) is 8.76. The van der Waals surface area contributed by atoms with E-state index in [0.29, 0.717) is 11.3 Å². The van der Waals surface area contributed by atoms with E-state index in [-0.39, 0.29) is 6.54 Å². The van der Waals surface area contributed by atoms with Crippen LogP contribution in [-0.2, 0) is 16.6 Å². The first-order valence-electron chi connectivity index (χ1n) is 8.76. The molecular formula is C21H23N3O3. The van der Waals surface area contributed by atoms with Crippen molar-refractivity contribution >= 4 is 28.4 Å². The second kappa shape index (κ2) is 7.63. The molecule has 0 fully saturated rings. The summed E-state index contributed by atoms with van der Waals surface area (Å²) in [6.45, 7) is 3.77. The third-order valence-electron chi connectivity index (χ3n) is 4.80. The number of aliphatic hydroxyl groups is 1. The van der Waals surface area contributed by atoms with Crippen LogP contribution in [0.1, 0.15) is 22.8 Å². The van der Waals surface area contributed by atoms with Gasteiger partial charge in [0.1, 0.15) is 0 Å². The zero-order valence-corrected chi connectivity index (χ0v) is 15.6. The van der Waals surface area contributed by atoms with Crippen molar-refractivity contribution in [1.82, 2.24) is 9.88 Å². The van der Waals surface area contributed by atoms with Gasteiger partial charge in [0.2, 0.25) is 0 Å². The average Bonchev–Trinajstić information content (AvgIpc) is 3.00. The summed E-state index contributed by atoms with van der Waals surface area (Å²) in [6.07, 6.45) is 0.922. The molecule has 1 unspecified atom stereocenters. The molecule has 3 rings (SSSR count). The van der Waals surface area contributed by atoms with Gasteiger partial charge >= 0.3 is 11.8 Å². The minimum Gasteiger partial charge on any atom is -0.386 e. The number of anilines is 1. The number of hydrogen-bond acceptors (Lipinski definition) is 3. The fourth-order valence-corrected chi connectivity index (χ4v) is 3.08. The average molecular weight is 365 g/mol. The number of aryl methyl sites for hydroxylation is 2. The largest absolute Gasteiger partial charge is 0.386 e. The Morgan fingerprint density at radius 3 is 2.59 bits per heavy atom. The van der Waals surface area contributed by atoms with Gasteiger partial charge in [0, 0.05) is 41.9 Å². The van der Waals surface area contributed by atoms with E-state index >= 15 is 0 Å². The van der Waals surface area contributed by atoms with Crippen molar-refractivity contribution in [2.45, 2.75) is 20.0 Å². The predicted octanol–water partition coefficient (Wildman–Crippen LogP) is 2.58. The Labute approximate surface area is 157 Å². The molecule has 0 aliphatic heterocycles. The van der Waals surface area contributed by atoms with Crippen LogP contribution in [0.25, 0.3) is 10.9 Å². The number of fused-ring (bicyclic) bond motifs is 1. The van der Waals surface area contributed by atoms with Crippen molar-refractivity contribution in [3.63, 3.8) is 0 Å². The van der Waals surface area contributed by atoms with Crippen molar-refractivity contribution in [2.75, 3.05) is 11.9 Å². The Bertz CT molecular complexity index is 1010. The minimum atomic E-state index is -0.909. The fraction of sp³-hybridized carbons (Fsp3) is 0.238. The highest BCUT2D eigenvalue weighted by atomic mass is 16.3. The molecule has 1 heterocycles.